The van der Waals surface area contributed by atoms with E-state index in [-0.39, 0.29) is 0 Å². The van der Waals surface area contributed by atoms with Crippen molar-refractivity contribution in [2.75, 3.05) is 0 Å². The van der Waals surface area contributed by atoms with Crippen LogP contribution in [0, 0.1) is 0 Å². The normalized spacial score (nSPS) is 11.6. The van der Waals surface area contributed by atoms with E-state index < -0.39 is 5.60 Å². The van der Waals surface area contributed by atoms with Gasteiger partial charge < -0.3 is 5.11 Å². The molecule has 0 amide bonds. The Bertz CT molecular complexity index is 518. The molecule has 0 aliphatic heterocycles. The second kappa shape index (κ2) is 4.95. The van der Waals surface area contributed by atoms with Crippen LogP contribution >= 0.6 is 0 Å². The minimum absolute atomic E-state index is 0.792. The maximum Gasteiger partial charge on any atom is 0.0840 e. The Morgan fingerprint density at radius 1 is 0.944 bits per heavy atom. The molecule has 0 atom stereocenters. The van der Waals surface area contributed by atoms with Crippen LogP contribution in [0.5, 0.6) is 0 Å². The van der Waals surface area contributed by atoms with Crippen LogP contribution in [0.4, 0.5) is 0 Å². The van der Waals surface area contributed by atoms with E-state index in [1.54, 1.807) is 0 Å². The number of hydrogen-bond donors (Lipinski definition) is 1. The van der Waals surface area contributed by atoms with Gasteiger partial charge >= 0.3 is 0 Å². The van der Waals surface area contributed by atoms with Crippen LogP contribution in [0.1, 0.15) is 31.9 Å². The van der Waals surface area contributed by atoms with Gasteiger partial charge in [-0.05, 0) is 48.6 Å². The highest BCUT2D eigenvalue weighted by molar-refractivity contribution is 5.64. The first kappa shape index (κ1) is 12.8. The Hall–Kier alpha value is -1.60. The molecule has 0 unspecified atom stereocenters. The van der Waals surface area contributed by atoms with Gasteiger partial charge in [-0.25, -0.2) is 0 Å². The smallest absolute Gasteiger partial charge is 0.0840 e. The molecule has 94 valence electrons. The molecule has 0 aliphatic carbocycles. The molecule has 1 N–H and O–H groups in total. The Labute approximate surface area is 109 Å². The number of rotatable bonds is 3. The van der Waals surface area contributed by atoms with Crippen molar-refractivity contribution in [3.05, 3.63) is 59.7 Å². The quantitative estimate of drug-likeness (QED) is 0.854. The number of benzene rings is 2. The van der Waals surface area contributed by atoms with E-state index in [9.17, 15) is 5.11 Å². The summed E-state index contributed by atoms with van der Waals surface area (Å²) in [5.41, 5.74) is 3.84. The van der Waals surface area contributed by atoms with Crippen LogP contribution < -0.4 is 0 Å². The molecule has 0 aliphatic rings. The topological polar surface area (TPSA) is 20.2 Å². The number of hydrogen-bond acceptors (Lipinski definition) is 1. The highest BCUT2D eigenvalue weighted by Gasteiger charge is 2.15. The van der Waals surface area contributed by atoms with Crippen molar-refractivity contribution < 1.29 is 5.11 Å². The lowest BCUT2D eigenvalue weighted by Crippen LogP contribution is -2.15. The fourth-order valence-electron chi connectivity index (χ4n) is 2.01. The third kappa shape index (κ3) is 2.80. The molecule has 1 heteroatoms. The van der Waals surface area contributed by atoms with Crippen molar-refractivity contribution in [3.63, 3.8) is 0 Å². The molecule has 1 nitrogen and oxygen atoms in total. The average Bonchev–Trinajstić information content (AvgIpc) is 2.38. The van der Waals surface area contributed by atoms with E-state index in [4.69, 9.17) is 0 Å². The monoisotopic (exact) mass is 240 g/mol. The lowest BCUT2D eigenvalue weighted by molar-refractivity contribution is 0.0786. The summed E-state index contributed by atoms with van der Waals surface area (Å²) in [6.07, 6.45) is 1.06. The van der Waals surface area contributed by atoms with Gasteiger partial charge in [0.05, 0.1) is 5.60 Å². The van der Waals surface area contributed by atoms with Gasteiger partial charge in [0.1, 0.15) is 0 Å². The first-order valence-electron chi connectivity index (χ1n) is 6.43. The zero-order valence-electron chi connectivity index (χ0n) is 11.3. The summed E-state index contributed by atoms with van der Waals surface area (Å²) in [5.74, 6) is 0. The van der Waals surface area contributed by atoms with Crippen LogP contribution in [0.25, 0.3) is 11.1 Å². The summed E-state index contributed by atoms with van der Waals surface area (Å²) in [4.78, 5) is 0. The average molecular weight is 240 g/mol. The molecule has 2 aromatic carbocycles. The van der Waals surface area contributed by atoms with Crippen molar-refractivity contribution in [2.45, 2.75) is 32.8 Å². The van der Waals surface area contributed by atoms with E-state index >= 15 is 0 Å². The summed E-state index contributed by atoms with van der Waals surface area (Å²) in [7, 11) is 0. The lowest BCUT2D eigenvalue weighted by Gasteiger charge is -2.18. The Morgan fingerprint density at radius 2 is 1.61 bits per heavy atom. The highest BCUT2D eigenvalue weighted by Crippen LogP contribution is 2.26. The number of aryl methyl sites for hydroxylation is 1. The number of aliphatic hydroxyl groups is 1. The molecule has 0 spiro atoms. The molecule has 2 aromatic rings. The van der Waals surface area contributed by atoms with E-state index in [0.29, 0.717) is 0 Å². The van der Waals surface area contributed by atoms with E-state index in [0.717, 1.165) is 17.5 Å². The zero-order chi connectivity index (χ0) is 13.2. The van der Waals surface area contributed by atoms with Gasteiger partial charge in [0.25, 0.3) is 0 Å². The standard InChI is InChI=1S/C17H20O/c1-4-13-8-10-14(11-9-13)15-6-5-7-16(12-15)17(2,3)18/h5-12,18H,4H2,1-3H3. The second-order valence-electron chi connectivity index (χ2n) is 5.19. The SMILES string of the molecule is CCc1ccc(-c2cccc(C(C)(C)O)c2)cc1. The van der Waals surface area contributed by atoms with Crippen LogP contribution in [0.3, 0.4) is 0 Å². The van der Waals surface area contributed by atoms with Gasteiger partial charge in [-0.1, -0.05) is 49.4 Å². The third-order valence-corrected chi connectivity index (χ3v) is 3.26. The predicted molar refractivity (Wildman–Crippen MR) is 76.5 cm³/mol. The molecule has 0 bridgehead atoms. The van der Waals surface area contributed by atoms with Gasteiger partial charge in [0.15, 0.2) is 0 Å². The highest BCUT2D eigenvalue weighted by atomic mass is 16.3. The van der Waals surface area contributed by atoms with Gasteiger partial charge in [0, 0.05) is 0 Å². The third-order valence-electron chi connectivity index (χ3n) is 3.26. The molecule has 18 heavy (non-hydrogen) atoms. The Balaban J connectivity index is 2.38. The van der Waals surface area contributed by atoms with Crippen LogP contribution in [0.15, 0.2) is 48.5 Å². The first-order chi connectivity index (χ1) is 8.50. The van der Waals surface area contributed by atoms with Gasteiger partial charge in [0.2, 0.25) is 0 Å². The largest absolute Gasteiger partial charge is 0.386 e. The summed E-state index contributed by atoms with van der Waals surface area (Å²) >= 11 is 0. The summed E-state index contributed by atoms with van der Waals surface area (Å²) in [5, 5.41) is 10.0. The van der Waals surface area contributed by atoms with Gasteiger partial charge in [-0.15, -0.1) is 0 Å². The zero-order valence-corrected chi connectivity index (χ0v) is 11.3. The van der Waals surface area contributed by atoms with Crippen molar-refractivity contribution in [3.8, 4) is 11.1 Å². The fraction of sp³-hybridized carbons (Fsp3) is 0.294. The first-order valence-corrected chi connectivity index (χ1v) is 6.43. The molecule has 0 aromatic heterocycles. The minimum Gasteiger partial charge on any atom is -0.386 e. The van der Waals surface area contributed by atoms with E-state index in [1.807, 2.05) is 26.0 Å². The lowest BCUT2D eigenvalue weighted by atomic mass is 9.94. The molecule has 0 saturated heterocycles. The van der Waals surface area contributed by atoms with Crippen LogP contribution in [-0.4, -0.2) is 5.11 Å². The molecule has 0 heterocycles. The molecular formula is C17H20O. The van der Waals surface area contributed by atoms with Gasteiger partial charge in [-0.3, -0.25) is 0 Å². The maximum atomic E-state index is 10.0. The van der Waals surface area contributed by atoms with Crippen molar-refractivity contribution in [1.82, 2.24) is 0 Å². The minimum atomic E-state index is -0.792. The van der Waals surface area contributed by atoms with Crippen molar-refractivity contribution in [1.29, 1.82) is 0 Å². The summed E-state index contributed by atoms with van der Waals surface area (Å²) < 4.78 is 0. The van der Waals surface area contributed by atoms with Crippen molar-refractivity contribution in [2.24, 2.45) is 0 Å². The van der Waals surface area contributed by atoms with Crippen LogP contribution in [-0.2, 0) is 12.0 Å². The maximum absolute atomic E-state index is 10.0. The Kier molecular flexibility index (Phi) is 3.53. The van der Waals surface area contributed by atoms with E-state index in [2.05, 4.69) is 43.3 Å². The molecule has 0 fully saturated rings. The van der Waals surface area contributed by atoms with E-state index in [1.165, 1.54) is 11.1 Å². The molecule has 2 rings (SSSR count). The van der Waals surface area contributed by atoms with Crippen molar-refractivity contribution >= 4 is 0 Å². The summed E-state index contributed by atoms with van der Waals surface area (Å²) in [6.45, 7) is 5.78. The molecule has 0 saturated carbocycles. The molecular weight excluding hydrogens is 220 g/mol. The fourth-order valence-corrected chi connectivity index (χ4v) is 2.01. The van der Waals surface area contributed by atoms with Crippen LogP contribution in [0.2, 0.25) is 0 Å². The predicted octanol–water partition coefficient (Wildman–Crippen LogP) is 4.14. The van der Waals surface area contributed by atoms with Gasteiger partial charge in [-0.2, -0.15) is 0 Å². The Morgan fingerprint density at radius 3 is 2.17 bits per heavy atom. The molecule has 0 radical (unpaired) electrons. The summed E-state index contributed by atoms with van der Waals surface area (Å²) in [6, 6.07) is 16.7. The second-order valence-corrected chi connectivity index (χ2v) is 5.19.